The fraction of sp³-hybridized carbons (Fsp3) is 0.0625. The Kier molecular flexibility index (Phi) is 3.23. The minimum Gasteiger partial charge on any atom is -0.506 e. The molecule has 0 aliphatic carbocycles. The number of aryl methyl sites for hydroxylation is 1. The number of hydrogen-bond donors (Lipinski definition) is 2. The molecular formula is C16H13N3O2. The fourth-order valence-electron chi connectivity index (χ4n) is 2.11. The predicted octanol–water partition coefficient (Wildman–Crippen LogP) is 2.90. The van der Waals surface area contributed by atoms with Crippen molar-refractivity contribution in [3.63, 3.8) is 0 Å². The number of carbonyl (C=O) groups is 1. The van der Waals surface area contributed by atoms with Crippen LogP contribution in [0.3, 0.4) is 0 Å². The maximum atomic E-state index is 12.4. The van der Waals surface area contributed by atoms with Crippen LogP contribution in [0.15, 0.2) is 48.8 Å². The highest BCUT2D eigenvalue weighted by Crippen LogP contribution is 2.25. The Hall–Kier alpha value is -2.95. The van der Waals surface area contributed by atoms with Crippen molar-refractivity contribution in [2.75, 3.05) is 5.32 Å². The highest BCUT2D eigenvalue weighted by atomic mass is 16.3. The fourth-order valence-corrected chi connectivity index (χ4v) is 2.11. The van der Waals surface area contributed by atoms with Crippen LogP contribution in [-0.4, -0.2) is 21.0 Å². The lowest BCUT2D eigenvalue weighted by Crippen LogP contribution is -2.13. The van der Waals surface area contributed by atoms with Crippen LogP contribution in [0.25, 0.3) is 11.0 Å². The number of rotatable bonds is 2. The van der Waals surface area contributed by atoms with Crippen molar-refractivity contribution in [1.82, 2.24) is 9.97 Å². The van der Waals surface area contributed by atoms with Gasteiger partial charge in [0.15, 0.2) is 0 Å². The number of phenolic OH excluding ortho intramolecular Hbond substituents is 1. The molecule has 0 spiro atoms. The summed E-state index contributed by atoms with van der Waals surface area (Å²) in [6, 6.07) is 10.3. The summed E-state index contributed by atoms with van der Waals surface area (Å²) in [4.78, 5) is 20.7. The number of hydrogen-bond acceptors (Lipinski definition) is 4. The largest absolute Gasteiger partial charge is 0.506 e. The molecule has 3 aromatic rings. The second-order valence-corrected chi connectivity index (χ2v) is 4.70. The molecule has 5 nitrogen and oxygen atoms in total. The van der Waals surface area contributed by atoms with Gasteiger partial charge in [-0.05, 0) is 36.8 Å². The molecule has 0 fully saturated rings. The van der Waals surface area contributed by atoms with E-state index < -0.39 is 0 Å². The zero-order chi connectivity index (χ0) is 14.8. The van der Waals surface area contributed by atoms with E-state index in [4.69, 9.17) is 0 Å². The van der Waals surface area contributed by atoms with Crippen molar-refractivity contribution in [2.45, 2.75) is 6.92 Å². The van der Waals surface area contributed by atoms with Crippen molar-refractivity contribution in [1.29, 1.82) is 0 Å². The van der Waals surface area contributed by atoms with Gasteiger partial charge in [-0.3, -0.25) is 14.8 Å². The lowest BCUT2D eigenvalue weighted by atomic mass is 10.1. The van der Waals surface area contributed by atoms with Gasteiger partial charge in [0, 0.05) is 12.4 Å². The number of para-hydroxylation sites is 1. The first-order valence-electron chi connectivity index (χ1n) is 6.46. The van der Waals surface area contributed by atoms with Crippen molar-refractivity contribution >= 4 is 22.6 Å². The molecule has 21 heavy (non-hydrogen) atoms. The Morgan fingerprint density at radius 1 is 1.14 bits per heavy atom. The maximum Gasteiger partial charge on any atom is 0.258 e. The van der Waals surface area contributed by atoms with Gasteiger partial charge in [0.05, 0.1) is 16.8 Å². The summed E-state index contributed by atoms with van der Waals surface area (Å²) in [5.41, 5.74) is 2.89. The number of fused-ring (bicyclic) bond motifs is 1. The molecule has 0 aliphatic heterocycles. The Morgan fingerprint density at radius 2 is 1.95 bits per heavy atom. The van der Waals surface area contributed by atoms with E-state index in [2.05, 4.69) is 15.3 Å². The summed E-state index contributed by atoms with van der Waals surface area (Å²) in [5.74, 6) is -0.296. The Labute approximate surface area is 121 Å². The molecule has 104 valence electrons. The van der Waals surface area contributed by atoms with Crippen molar-refractivity contribution in [3.05, 3.63) is 59.9 Å². The average Bonchev–Trinajstić information content (AvgIpc) is 2.49. The lowest BCUT2D eigenvalue weighted by Gasteiger charge is -2.09. The summed E-state index contributed by atoms with van der Waals surface area (Å²) < 4.78 is 0. The summed E-state index contributed by atoms with van der Waals surface area (Å²) >= 11 is 0. The molecule has 0 saturated carbocycles. The number of nitrogens with one attached hydrogen (secondary N) is 1. The molecule has 1 aromatic heterocycles. The molecule has 1 amide bonds. The van der Waals surface area contributed by atoms with Crippen LogP contribution in [0.4, 0.5) is 5.69 Å². The number of anilines is 1. The molecule has 2 aromatic carbocycles. The van der Waals surface area contributed by atoms with Crippen LogP contribution in [0.2, 0.25) is 0 Å². The van der Waals surface area contributed by atoms with Crippen LogP contribution in [0.5, 0.6) is 5.75 Å². The van der Waals surface area contributed by atoms with Crippen LogP contribution in [-0.2, 0) is 0 Å². The van der Waals surface area contributed by atoms with Gasteiger partial charge in [-0.25, -0.2) is 0 Å². The van der Waals surface area contributed by atoms with Gasteiger partial charge in [-0.2, -0.15) is 0 Å². The molecule has 0 radical (unpaired) electrons. The van der Waals surface area contributed by atoms with Gasteiger partial charge in [0.25, 0.3) is 5.91 Å². The monoisotopic (exact) mass is 279 g/mol. The van der Waals surface area contributed by atoms with E-state index in [1.54, 1.807) is 42.7 Å². The molecule has 0 atom stereocenters. The SMILES string of the molecule is Cc1ccc(NC(=O)c2cccc3nccnc23)c(O)c1. The van der Waals surface area contributed by atoms with Crippen molar-refractivity contribution in [2.24, 2.45) is 0 Å². The second-order valence-electron chi connectivity index (χ2n) is 4.70. The van der Waals surface area contributed by atoms with Gasteiger partial charge in [0.1, 0.15) is 11.3 Å². The summed E-state index contributed by atoms with van der Waals surface area (Å²) in [6.07, 6.45) is 3.12. The minimum atomic E-state index is -0.333. The third-order valence-electron chi connectivity index (χ3n) is 3.14. The predicted molar refractivity (Wildman–Crippen MR) is 80.3 cm³/mol. The molecule has 0 aliphatic rings. The quantitative estimate of drug-likeness (QED) is 0.707. The number of phenols is 1. The van der Waals surface area contributed by atoms with Crippen molar-refractivity contribution < 1.29 is 9.90 Å². The van der Waals surface area contributed by atoms with Gasteiger partial charge in [-0.15, -0.1) is 0 Å². The smallest absolute Gasteiger partial charge is 0.258 e. The van der Waals surface area contributed by atoms with E-state index in [9.17, 15) is 9.90 Å². The lowest BCUT2D eigenvalue weighted by molar-refractivity contribution is 0.102. The number of aromatic hydroxyl groups is 1. The number of aromatic nitrogens is 2. The van der Waals surface area contributed by atoms with Gasteiger partial charge in [-0.1, -0.05) is 12.1 Å². The van der Waals surface area contributed by atoms with Crippen molar-refractivity contribution in [3.8, 4) is 5.75 Å². The minimum absolute atomic E-state index is 0.0367. The van der Waals surface area contributed by atoms with Gasteiger partial charge < -0.3 is 10.4 Å². The summed E-state index contributed by atoms with van der Waals surface area (Å²) in [5, 5.41) is 12.5. The third-order valence-corrected chi connectivity index (χ3v) is 3.14. The van der Waals surface area contributed by atoms with Crippen LogP contribution in [0.1, 0.15) is 15.9 Å². The Balaban J connectivity index is 1.97. The van der Waals surface area contributed by atoms with Crippen LogP contribution in [0, 0.1) is 6.92 Å². The molecule has 0 unspecified atom stereocenters. The van der Waals surface area contributed by atoms with E-state index in [0.717, 1.165) is 5.56 Å². The standard InChI is InChI=1S/C16H13N3O2/c1-10-5-6-12(14(20)9-10)19-16(21)11-3-2-4-13-15(11)18-8-7-17-13/h2-9,20H,1H3,(H,19,21). The van der Waals surface area contributed by atoms with E-state index in [0.29, 0.717) is 22.3 Å². The van der Waals surface area contributed by atoms with Gasteiger partial charge >= 0.3 is 0 Å². The first-order chi connectivity index (χ1) is 10.1. The Morgan fingerprint density at radius 3 is 2.76 bits per heavy atom. The normalized spacial score (nSPS) is 10.5. The maximum absolute atomic E-state index is 12.4. The van der Waals surface area contributed by atoms with Crippen LogP contribution < -0.4 is 5.32 Å². The third kappa shape index (κ3) is 2.53. The van der Waals surface area contributed by atoms with Gasteiger partial charge in [0.2, 0.25) is 0 Å². The molecule has 1 heterocycles. The highest BCUT2D eigenvalue weighted by Gasteiger charge is 2.13. The summed E-state index contributed by atoms with van der Waals surface area (Å²) in [6.45, 7) is 1.87. The van der Waals surface area contributed by atoms with Crippen LogP contribution >= 0.6 is 0 Å². The average molecular weight is 279 g/mol. The first-order valence-corrected chi connectivity index (χ1v) is 6.46. The molecule has 0 bridgehead atoms. The molecule has 2 N–H and O–H groups in total. The highest BCUT2D eigenvalue weighted by molar-refractivity contribution is 6.11. The molecule has 5 heteroatoms. The number of nitrogens with zero attached hydrogens (tertiary/aromatic N) is 2. The zero-order valence-electron chi connectivity index (χ0n) is 11.4. The molecule has 3 rings (SSSR count). The molecular weight excluding hydrogens is 266 g/mol. The van der Waals surface area contributed by atoms with E-state index in [1.165, 1.54) is 0 Å². The van der Waals surface area contributed by atoms with E-state index in [1.807, 2.05) is 13.0 Å². The number of benzene rings is 2. The molecule has 0 saturated heterocycles. The number of amides is 1. The zero-order valence-corrected chi connectivity index (χ0v) is 11.4. The second kappa shape index (κ2) is 5.20. The topological polar surface area (TPSA) is 75.1 Å². The van der Waals surface area contributed by atoms with E-state index in [-0.39, 0.29) is 11.7 Å². The first kappa shape index (κ1) is 13.1. The summed E-state index contributed by atoms with van der Waals surface area (Å²) in [7, 11) is 0. The number of carbonyl (C=O) groups excluding carboxylic acids is 1. The van der Waals surface area contributed by atoms with E-state index >= 15 is 0 Å². The Bertz CT molecular complexity index is 825.